The van der Waals surface area contributed by atoms with E-state index in [1.807, 2.05) is 6.08 Å². The molecular formula is C25H40FNO. The molecule has 0 N–H and O–H groups in total. The van der Waals surface area contributed by atoms with Crippen LogP contribution in [-0.2, 0) is 4.74 Å². The van der Waals surface area contributed by atoms with Crippen LogP contribution in [0.3, 0.4) is 0 Å². The van der Waals surface area contributed by atoms with Crippen LogP contribution in [0.25, 0.3) is 0 Å². The highest BCUT2D eigenvalue weighted by atomic mass is 19.1. The van der Waals surface area contributed by atoms with Gasteiger partial charge in [-0.15, -0.1) is 0 Å². The molecule has 0 amide bonds. The van der Waals surface area contributed by atoms with Gasteiger partial charge in [0.05, 0.1) is 6.10 Å². The van der Waals surface area contributed by atoms with Crippen LogP contribution in [0.1, 0.15) is 96.8 Å². The molecule has 0 atom stereocenters. The molecule has 28 heavy (non-hydrogen) atoms. The fourth-order valence-electron chi connectivity index (χ4n) is 4.85. The van der Waals surface area contributed by atoms with Crippen LogP contribution < -0.4 is 0 Å². The van der Waals surface area contributed by atoms with E-state index in [0.29, 0.717) is 6.10 Å². The first kappa shape index (κ1) is 23.1. The third-order valence-electron chi connectivity index (χ3n) is 6.77. The number of hydrogen-bond donors (Lipinski definition) is 0. The highest BCUT2D eigenvalue weighted by Crippen LogP contribution is 2.34. The molecule has 3 heteroatoms. The SMILES string of the molecule is CCCCC[C@H]1CC[C@H](CO[C@H]2CC[C@H](CC/C=C/C=C(\F)C#N)CC2)CC1. The van der Waals surface area contributed by atoms with Crippen LogP contribution in [-0.4, -0.2) is 12.7 Å². The molecule has 2 nitrogen and oxygen atoms in total. The number of hydrogen-bond acceptors (Lipinski definition) is 2. The average Bonchev–Trinajstić information content (AvgIpc) is 2.74. The van der Waals surface area contributed by atoms with Crippen molar-refractivity contribution < 1.29 is 9.13 Å². The van der Waals surface area contributed by atoms with Gasteiger partial charge in [0.1, 0.15) is 6.07 Å². The van der Waals surface area contributed by atoms with Gasteiger partial charge in [-0.3, -0.25) is 0 Å². The van der Waals surface area contributed by atoms with Gasteiger partial charge < -0.3 is 4.74 Å². The molecule has 0 spiro atoms. The van der Waals surface area contributed by atoms with Gasteiger partial charge in [0.15, 0.2) is 5.83 Å². The van der Waals surface area contributed by atoms with Crippen molar-refractivity contribution in [3.05, 3.63) is 24.1 Å². The summed E-state index contributed by atoms with van der Waals surface area (Å²) in [5.41, 5.74) is 0. The molecule has 0 saturated heterocycles. The second-order valence-corrected chi connectivity index (χ2v) is 8.99. The van der Waals surface area contributed by atoms with Crippen LogP contribution in [0, 0.1) is 29.1 Å². The van der Waals surface area contributed by atoms with Crippen LogP contribution in [0.5, 0.6) is 0 Å². The number of halogens is 1. The first-order valence-electron chi connectivity index (χ1n) is 11.7. The minimum Gasteiger partial charge on any atom is -0.378 e. The Kier molecular flexibility index (Phi) is 11.5. The molecule has 2 fully saturated rings. The van der Waals surface area contributed by atoms with E-state index in [2.05, 4.69) is 6.92 Å². The molecule has 0 aromatic rings. The second kappa shape index (κ2) is 13.9. The van der Waals surface area contributed by atoms with E-state index in [9.17, 15) is 4.39 Å². The lowest BCUT2D eigenvalue weighted by atomic mass is 9.80. The van der Waals surface area contributed by atoms with Gasteiger partial charge in [-0.25, -0.2) is 0 Å². The first-order chi connectivity index (χ1) is 13.7. The molecule has 158 valence electrons. The number of unbranched alkanes of at least 4 members (excludes halogenated alkanes) is 2. The predicted octanol–water partition coefficient (Wildman–Crippen LogP) is 7.66. The maximum atomic E-state index is 12.7. The maximum Gasteiger partial charge on any atom is 0.199 e. The van der Waals surface area contributed by atoms with E-state index in [-0.39, 0.29) is 0 Å². The lowest BCUT2D eigenvalue weighted by molar-refractivity contribution is -0.0102. The summed E-state index contributed by atoms with van der Waals surface area (Å²) in [4.78, 5) is 0. The molecule has 0 aromatic heterocycles. The van der Waals surface area contributed by atoms with Crippen molar-refractivity contribution >= 4 is 0 Å². The Morgan fingerprint density at radius 1 is 0.964 bits per heavy atom. The molecule has 0 radical (unpaired) electrons. The Morgan fingerprint density at radius 3 is 2.29 bits per heavy atom. The highest BCUT2D eigenvalue weighted by molar-refractivity contribution is 5.18. The fourth-order valence-corrected chi connectivity index (χ4v) is 4.85. The van der Waals surface area contributed by atoms with Gasteiger partial charge in [0, 0.05) is 6.61 Å². The van der Waals surface area contributed by atoms with Crippen molar-refractivity contribution in [3.63, 3.8) is 0 Å². The van der Waals surface area contributed by atoms with E-state index in [4.69, 9.17) is 10.00 Å². The number of rotatable bonds is 11. The third kappa shape index (κ3) is 9.37. The maximum absolute atomic E-state index is 12.7. The molecule has 0 heterocycles. The highest BCUT2D eigenvalue weighted by Gasteiger charge is 2.24. The molecule has 2 aliphatic rings. The van der Waals surface area contributed by atoms with Gasteiger partial charge in [-0.05, 0) is 75.2 Å². The minimum atomic E-state index is -0.723. The van der Waals surface area contributed by atoms with Crippen molar-refractivity contribution in [2.45, 2.75) is 103 Å². The smallest absolute Gasteiger partial charge is 0.199 e. The summed E-state index contributed by atoms with van der Waals surface area (Å²) < 4.78 is 19.0. The van der Waals surface area contributed by atoms with Gasteiger partial charge in [-0.2, -0.15) is 9.65 Å². The predicted molar refractivity (Wildman–Crippen MR) is 114 cm³/mol. The van der Waals surface area contributed by atoms with Crippen LogP contribution in [0.15, 0.2) is 24.1 Å². The third-order valence-corrected chi connectivity index (χ3v) is 6.77. The lowest BCUT2D eigenvalue weighted by Gasteiger charge is -2.32. The summed E-state index contributed by atoms with van der Waals surface area (Å²) >= 11 is 0. The molecule has 0 aromatic carbocycles. The van der Waals surface area contributed by atoms with Crippen molar-refractivity contribution in [2.24, 2.45) is 17.8 Å². The topological polar surface area (TPSA) is 33.0 Å². The van der Waals surface area contributed by atoms with Crippen molar-refractivity contribution in [1.82, 2.24) is 0 Å². The Balaban J connectivity index is 1.51. The summed E-state index contributed by atoms with van der Waals surface area (Å²) in [5.74, 6) is 1.83. The second-order valence-electron chi connectivity index (χ2n) is 8.99. The Bertz CT molecular complexity index is 505. The van der Waals surface area contributed by atoms with Crippen LogP contribution in [0.4, 0.5) is 4.39 Å². The summed E-state index contributed by atoms with van der Waals surface area (Å²) in [7, 11) is 0. The Morgan fingerprint density at radius 2 is 1.61 bits per heavy atom. The van der Waals surface area contributed by atoms with Crippen molar-refractivity contribution in [3.8, 4) is 6.07 Å². The largest absolute Gasteiger partial charge is 0.378 e. The zero-order chi connectivity index (χ0) is 20.0. The standard InChI is InChI=1S/C25H40FNO/c1-2-3-5-8-21-11-13-23(14-12-21)20-28-25-17-15-22(16-18-25)9-6-4-7-10-24(26)19-27/h4,7,10,21-23,25H,2-3,5-6,8-9,11-18,20H2,1H3/b7-4+,24-10-/t21-,22-,23-,25-. The van der Waals surface area contributed by atoms with E-state index in [1.54, 1.807) is 6.08 Å². The number of ether oxygens (including phenoxy) is 1. The Labute approximate surface area is 172 Å². The molecule has 2 saturated carbocycles. The average molecular weight is 390 g/mol. The van der Waals surface area contributed by atoms with E-state index < -0.39 is 5.83 Å². The zero-order valence-corrected chi connectivity index (χ0v) is 17.9. The molecule has 2 rings (SSSR count). The number of allylic oxidation sites excluding steroid dienone is 4. The monoisotopic (exact) mass is 389 g/mol. The fraction of sp³-hybridized carbons (Fsp3) is 0.800. The van der Waals surface area contributed by atoms with Gasteiger partial charge >= 0.3 is 0 Å². The molecule has 0 bridgehead atoms. The molecular weight excluding hydrogens is 349 g/mol. The number of nitriles is 1. The Hall–Kier alpha value is -1.14. The number of nitrogens with zero attached hydrogens (tertiary/aromatic N) is 1. The van der Waals surface area contributed by atoms with Crippen molar-refractivity contribution in [1.29, 1.82) is 5.26 Å². The van der Waals surface area contributed by atoms with Crippen LogP contribution >= 0.6 is 0 Å². The van der Waals surface area contributed by atoms with Crippen LogP contribution in [0.2, 0.25) is 0 Å². The summed E-state index contributed by atoms with van der Waals surface area (Å²) in [6, 6.07) is 1.49. The van der Waals surface area contributed by atoms with Crippen molar-refractivity contribution in [2.75, 3.05) is 6.61 Å². The van der Waals surface area contributed by atoms with E-state index in [1.165, 1.54) is 89.2 Å². The molecule has 2 aliphatic carbocycles. The van der Waals surface area contributed by atoms with Gasteiger partial charge in [0.2, 0.25) is 0 Å². The minimum absolute atomic E-state index is 0.474. The molecule has 0 unspecified atom stereocenters. The summed E-state index contributed by atoms with van der Waals surface area (Å²) in [5, 5.41) is 8.36. The van der Waals surface area contributed by atoms with Gasteiger partial charge in [0.25, 0.3) is 0 Å². The lowest BCUT2D eigenvalue weighted by Crippen LogP contribution is -2.26. The first-order valence-corrected chi connectivity index (χ1v) is 11.7. The summed E-state index contributed by atoms with van der Waals surface area (Å²) in [6.45, 7) is 3.27. The van der Waals surface area contributed by atoms with Gasteiger partial charge in [-0.1, -0.05) is 57.6 Å². The zero-order valence-electron chi connectivity index (χ0n) is 17.9. The molecule has 0 aliphatic heterocycles. The van der Waals surface area contributed by atoms with E-state index >= 15 is 0 Å². The summed E-state index contributed by atoms with van der Waals surface area (Å²) in [6.07, 6.45) is 23.6. The normalized spacial score (nSPS) is 29.1. The quantitative estimate of drug-likeness (QED) is 0.206. The van der Waals surface area contributed by atoms with E-state index in [0.717, 1.165) is 37.2 Å².